The summed E-state index contributed by atoms with van der Waals surface area (Å²) in [7, 11) is 0. The zero-order valence-corrected chi connectivity index (χ0v) is 9.41. The van der Waals surface area contributed by atoms with Crippen molar-refractivity contribution in [2.75, 3.05) is 6.54 Å². The van der Waals surface area contributed by atoms with Gasteiger partial charge in [-0.1, -0.05) is 30.3 Å². The van der Waals surface area contributed by atoms with Gasteiger partial charge in [-0.2, -0.15) is 0 Å². The van der Waals surface area contributed by atoms with E-state index in [1.807, 2.05) is 30.3 Å². The number of benzene rings is 1. The quantitative estimate of drug-likeness (QED) is 0.576. The van der Waals surface area contributed by atoms with E-state index in [0.717, 1.165) is 5.56 Å². The second kappa shape index (κ2) is 9.32. The third-order valence-corrected chi connectivity index (χ3v) is 1.78. The third kappa shape index (κ3) is 7.95. The van der Waals surface area contributed by atoms with Crippen LogP contribution in [0, 0.1) is 0 Å². The Hall–Kier alpha value is -1.92. The van der Waals surface area contributed by atoms with Crippen LogP contribution < -0.4 is 17.2 Å². The highest BCUT2D eigenvalue weighted by Crippen LogP contribution is 1.98. The molecule has 1 amide bonds. The van der Waals surface area contributed by atoms with Crippen LogP contribution in [0.1, 0.15) is 5.56 Å². The van der Waals surface area contributed by atoms with Crippen molar-refractivity contribution in [1.29, 1.82) is 0 Å². The number of carbonyl (C=O) groups is 2. The van der Waals surface area contributed by atoms with E-state index in [-0.39, 0.29) is 6.54 Å². The Labute approximate surface area is 99.7 Å². The second-order valence-electron chi connectivity index (χ2n) is 3.14. The Bertz CT molecular complexity index is 330. The summed E-state index contributed by atoms with van der Waals surface area (Å²) in [6.45, 7) is 0.937. The standard InChI is InChI=1S/C8H8O2.C3H9N3O/c9-7-10-6-8-4-2-1-3-5-8;4-1-2(5)3(6)7/h1-5,7H,6H2;2H,1,4-5H2,(H2,6,7). The van der Waals surface area contributed by atoms with Crippen LogP contribution in [0.3, 0.4) is 0 Å². The zero-order valence-electron chi connectivity index (χ0n) is 9.41. The van der Waals surface area contributed by atoms with Gasteiger partial charge in [0.05, 0.1) is 6.04 Å². The van der Waals surface area contributed by atoms with Crippen molar-refractivity contribution < 1.29 is 14.3 Å². The Morgan fingerprint density at radius 1 is 1.35 bits per heavy atom. The Morgan fingerprint density at radius 2 is 1.94 bits per heavy atom. The van der Waals surface area contributed by atoms with Crippen LogP contribution in [0.15, 0.2) is 30.3 Å². The van der Waals surface area contributed by atoms with Crippen LogP contribution in [0.25, 0.3) is 0 Å². The van der Waals surface area contributed by atoms with E-state index in [4.69, 9.17) is 17.2 Å². The summed E-state index contributed by atoms with van der Waals surface area (Å²) in [5.41, 5.74) is 15.7. The molecule has 0 saturated heterocycles. The molecule has 0 aliphatic rings. The monoisotopic (exact) mass is 239 g/mol. The van der Waals surface area contributed by atoms with Crippen molar-refractivity contribution >= 4 is 12.4 Å². The summed E-state index contributed by atoms with van der Waals surface area (Å²) in [6.07, 6.45) is 0. The van der Waals surface area contributed by atoms with Crippen LogP contribution in [0.5, 0.6) is 0 Å². The summed E-state index contributed by atoms with van der Waals surface area (Å²) < 4.78 is 4.54. The number of carbonyl (C=O) groups excluding carboxylic acids is 2. The predicted molar refractivity (Wildman–Crippen MR) is 63.5 cm³/mol. The molecule has 94 valence electrons. The lowest BCUT2D eigenvalue weighted by Gasteiger charge is -1.98. The molecule has 0 fully saturated rings. The molecule has 6 N–H and O–H groups in total. The largest absolute Gasteiger partial charge is 0.463 e. The van der Waals surface area contributed by atoms with Crippen molar-refractivity contribution in [3.05, 3.63) is 35.9 Å². The molecule has 6 nitrogen and oxygen atoms in total. The lowest BCUT2D eigenvalue weighted by molar-refractivity contribution is -0.129. The van der Waals surface area contributed by atoms with Crippen LogP contribution >= 0.6 is 0 Å². The van der Waals surface area contributed by atoms with Gasteiger partial charge in [-0.15, -0.1) is 0 Å². The summed E-state index contributed by atoms with van der Waals surface area (Å²) in [5, 5.41) is 0. The summed E-state index contributed by atoms with van der Waals surface area (Å²) in [6, 6.07) is 8.87. The SMILES string of the molecule is NCC(N)C(N)=O.O=COCc1ccccc1. The maximum absolute atomic E-state index is 9.95. The summed E-state index contributed by atoms with van der Waals surface area (Å²) in [4.78, 5) is 19.7. The van der Waals surface area contributed by atoms with E-state index in [0.29, 0.717) is 13.1 Å². The van der Waals surface area contributed by atoms with Crippen molar-refractivity contribution in [3.63, 3.8) is 0 Å². The highest BCUT2D eigenvalue weighted by Gasteiger charge is 2.03. The van der Waals surface area contributed by atoms with E-state index in [1.54, 1.807) is 0 Å². The molecule has 0 aliphatic carbocycles. The van der Waals surface area contributed by atoms with E-state index in [9.17, 15) is 9.59 Å². The molecule has 0 aromatic heterocycles. The topological polar surface area (TPSA) is 121 Å². The fraction of sp³-hybridized carbons (Fsp3) is 0.273. The predicted octanol–water partition coefficient (Wildman–Crippen LogP) is -0.883. The molecule has 0 spiro atoms. The molecular formula is C11H17N3O3. The first kappa shape index (κ1) is 15.1. The van der Waals surface area contributed by atoms with E-state index >= 15 is 0 Å². The number of hydrogen-bond acceptors (Lipinski definition) is 5. The first-order chi connectivity index (χ1) is 8.11. The molecule has 0 bridgehead atoms. The minimum atomic E-state index is -0.681. The van der Waals surface area contributed by atoms with Gasteiger partial charge in [0.1, 0.15) is 6.61 Å². The Balaban J connectivity index is 0.000000325. The van der Waals surface area contributed by atoms with Crippen LogP contribution in [-0.4, -0.2) is 25.0 Å². The Morgan fingerprint density at radius 3 is 2.29 bits per heavy atom. The highest BCUT2D eigenvalue weighted by molar-refractivity contribution is 5.79. The molecule has 6 heteroatoms. The van der Waals surface area contributed by atoms with Gasteiger partial charge in [0.15, 0.2) is 0 Å². The smallest absolute Gasteiger partial charge is 0.293 e. The van der Waals surface area contributed by atoms with Gasteiger partial charge in [0.25, 0.3) is 6.47 Å². The fourth-order valence-electron chi connectivity index (χ4n) is 0.821. The average molecular weight is 239 g/mol. The highest BCUT2D eigenvalue weighted by atomic mass is 16.5. The Kier molecular flexibility index (Phi) is 8.26. The van der Waals surface area contributed by atoms with Gasteiger partial charge >= 0.3 is 0 Å². The summed E-state index contributed by atoms with van der Waals surface area (Å²) in [5.74, 6) is -0.553. The van der Waals surface area contributed by atoms with Gasteiger partial charge in [0.2, 0.25) is 5.91 Å². The fourth-order valence-corrected chi connectivity index (χ4v) is 0.821. The van der Waals surface area contributed by atoms with Crippen molar-refractivity contribution in [2.45, 2.75) is 12.6 Å². The molecule has 1 aromatic carbocycles. The van der Waals surface area contributed by atoms with E-state index in [1.165, 1.54) is 0 Å². The van der Waals surface area contributed by atoms with Crippen LogP contribution in [0.2, 0.25) is 0 Å². The molecule has 1 unspecified atom stereocenters. The number of amides is 1. The molecular weight excluding hydrogens is 222 g/mol. The molecule has 0 heterocycles. The summed E-state index contributed by atoms with van der Waals surface area (Å²) >= 11 is 0. The van der Waals surface area contributed by atoms with Crippen molar-refractivity contribution in [1.82, 2.24) is 0 Å². The maximum atomic E-state index is 9.95. The molecule has 1 aromatic rings. The molecule has 0 saturated carbocycles. The number of ether oxygens (including phenoxy) is 1. The average Bonchev–Trinajstić information content (AvgIpc) is 2.37. The normalized spacial score (nSPS) is 10.7. The number of primary amides is 1. The number of rotatable bonds is 5. The van der Waals surface area contributed by atoms with E-state index in [2.05, 4.69) is 4.74 Å². The molecule has 17 heavy (non-hydrogen) atoms. The lowest BCUT2D eigenvalue weighted by atomic mass is 10.2. The van der Waals surface area contributed by atoms with Gasteiger partial charge in [-0.25, -0.2) is 0 Å². The molecule has 1 rings (SSSR count). The molecule has 1 atom stereocenters. The minimum Gasteiger partial charge on any atom is -0.463 e. The van der Waals surface area contributed by atoms with Crippen LogP contribution in [-0.2, 0) is 20.9 Å². The number of nitrogens with two attached hydrogens (primary N) is 3. The van der Waals surface area contributed by atoms with E-state index < -0.39 is 11.9 Å². The van der Waals surface area contributed by atoms with Crippen molar-refractivity contribution in [2.24, 2.45) is 17.2 Å². The van der Waals surface area contributed by atoms with Gasteiger partial charge in [-0.3, -0.25) is 9.59 Å². The third-order valence-electron chi connectivity index (χ3n) is 1.78. The number of hydrogen-bond donors (Lipinski definition) is 3. The van der Waals surface area contributed by atoms with Gasteiger partial charge in [-0.05, 0) is 5.56 Å². The van der Waals surface area contributed by atoms with Crippen LogP contribution in [0.4, 0.5) is 0 Å². The first-order valence-corrected chi connectivity index (χ1v) is 4.96. The second-order valence-corrected chi connectivity index (χ2v) is 3.14. The zero-order chi connectivity index (χ0) is 13.1. The minimum absolute atomic E-state index is 0.120. The molecule has 0 radical (unpaired) electrons. The van der Waals surface area contributed by atoms with Gasteiger partial charge < -0.3 is 21.9 Å². The maximum Gasteiger partial charge on any atom is 0.293 e. The van der Waals surface area contributed by atoms with Gasteiger partial charge in [0, 0.05) is 6.54 Å². The van der Waals surface area contributed by atoms with Crippen molar-refractivity contribution in [3.8, 4) is 0 Å². The first-order valence-electron chi connectivity index (χ1n) is 4.96. The molecule has 0 aliphatic heterocycles. The lowest BCUT2D eigenvalue weighted by Crippen LogP contribution is -2.42.